The second-order valence-corrected chi connectivity index (χ2v) is 3.84. The first kappa shape index (κ1) is 8.05. The molecule has 0 saturated heterocycles. The van der Waals surface area contributed by atoms with Gasteiger partial charge in [0.15, 0.2) is 0 Å². The van der Waals surface area contributed by atoms with E-state index in [9.17, 15) is 4.79 Å². The van der Waals surface area contributed by atoms with E-state index in [0.717, 1.165) is 0 Å². The largest absolute Gasteiger partial charge is 0.480 e. The summed E-state index contributed by atoms with van der Waals surface area (Å²) in [5.41, 5.74) is 0. The van der Waals surface area contributed by atoms with Crippen LogP contribution in [0.5, 0.6) is 0 Å². The van der Waals surface area contributed by atoms with Crippen LogP contribution in [0.25, 0.3) is 0 Å². The number of carbonyl (C=O) groups is 1. The number of ether oxygens (including phenoxy) is 1. The molecule has 0 aliphatic heterocycles. The molecular formula is C9H14O3. The molecule has 2 aliphatic carbocycles. The van der Waals surface area contributed by atoms with Crippen LogP contribution in [-0.2, 0) is 9.53 Å². The van der Waals surface area contributed by atoms with E-state index in [0.29, 0.717) is 11.8 Å². The minimum absolute atomic E-state index is 0.113. The van der Waals surface area contributed by atoms with Crippen molar-refractivity contribution in [2.75, 3.05) is 6.61 Å². The monoisotopic (exact) mass is 170 g/mol. The van der Waals surface area contributed by atoms with E-state index in [1.807, 2.05) is 0 Å². The van der Waals surface area contributed by atoms with Crippen molar-refractivity contribution in [1.82, 2.24) is 0 Å². The van der Waals surface area contributed by atoms with Gasteiger partial charge in [0.25, 0.3) is 0 Å². The molecule has 0 aromatic carbocycles. The highest BCUT2D eigenvalue weighted by Gasteiger charge is 2.42. The molecule has 0 amide bonds. The molecule has 3 nitrogen and oxygen atoms in total. The Kier molecular flexibility index (Phi) is 2.05. The summed E-state index contributed by atoms with van der Waals surface area (Å²) < 4.78 is 5.35. The maximum absolute atomic E-state index is 10.3. The first-order valence-electron chi connectivity index (χ1n) is 4.61. The van der Waals surface area contributed by atoms with Gasteiger partial charge in [0, 0.05) is 0 Å². The topological polar surface area (TPSA) is 46.5 Å². The summed E-state index contributed by atoms with van der Waals surface area (Å²) in [6.07, 6.45) is 5.21. The minimum atomic E-state index is -0.846. The smallest absolute Gasteiger partial charge is 0.329 e. The van der Waals surface area contributed by atoms with Gasteiger partial charge < -0.3 is 9.84 Å². The Bertz CT molecular complexity index is 170. The fourth-order valence-electron chi connectivity index (χ4n) is 1.67. The van der Waals surface area contributed by atoms with Crippen molar-refractivity contribution in [2.24, 2.45) is 11.8 Å². The molecule has 0 aromatic rings. The summed E-state index contributed by atoms with van der Waals surface area (Å²) in [5.74, 6) is 0.509. The van der Waals surface area contributed by atoms with Gasteiger partial charge in [-0.1, -0.05) is 0 Å². The van der Waals surface area contributed by atoms with Gasteiger partial charge in [-0.05, 0) is 37.5 Å². The van der Waals surface area contributed by atoms with E-state index in [1.165, 1.54) is 25.7 Å². The van der Waals surface area contributed by atoms with E-state index in [-0.39, 0.29) is 12.7 Å². The molecule has 3 heteroatoms. The standard InChI is InChI=1S/C9H14O3/c10-8(11)5-12-9(6-1-2-6)7-3-4-7/h6-7,9H,1-5H2,(H,10,11). The van der Waals surface area contributed by atoms with Crippen molar-refractivity contribution in [1.29, 1.82) is 0 Å². The van der Waals surface area contributed by atoms with Gasteiger partial charge >= 0.3 is 5.97 Å². The average Bonchev–Trinajstić information content (AvgIpc) is 2.83. The van der Waals surface area contributed by atoms with Crippen LogP contribution in [0, 0.1) is 11.8 Å². The number of carboxylic acids is 1. The molecule has 0 heterocycles. The normalized spacial score (nSPS) is 23.1. The molecule has 0 aromatic heterocycles. The van der Waals surface area contributed by atoms with Crippen LogP contribution in [0.3, 0.4) is 0 Å². The van der Waals surface area contributed by atoms with Crippen LogP contribution in [0.4, 0.5) is 0 Å². The van der Waals surface area contributed by atoms with Crippen LogP contribution in [0.1, 0.15) is 25.7 Å². The quantitative estimate of drug-likeness (QED) is 0.676. The second-order valence-electron chi connectivity index (χ2n) is 3.84. The number of rotatable bonds is 5. The maximum Gasteiger partial charge on any atom is 0.329 e. The van der Waals surface area contributed by atoms with Gasteiger partial charge in [-0.2, -0.15) is 0 Å². The Labute approximate surface area is 71.7 Å². The van der Waals surface area contributed by atoms with Gasteiger partial charge in [-0.3, -0.25) is 0 Å². The highest BCUT2D eigenvalue weighted by molar-refractivity contribution is 5.68. The molecule has 2 fully saturated rings. The maximum atomic E-state index is 10.3. The Morgan fingerprint density at radius 2 is 1.83 bits per heavy atom. The average molecular weight is 170 g/mol. The van der Waals surface area contributed by atoms with Crippen LogP contribution in [0.2, 0.25) is 0 Å². The summed E-state index contributed by atoms with van der Waals surface area (Å²) in [7, 11) is 0. The molecule has 1 N–H and O–H groups in total. The summed E-state index contributed by atoms with van der Waals surface area (Å²) >= 11 is 0. The lowest BCUT2D eigenvalue weighted by atomic mass is 10.1. The lowest BCUT2D eigenvalue weighted by Crippen LogP contribution is -2.21. The highest BCUT2D eigenvalue weighted by atomic mass is 16.5. The van der Waals surface area contributed by atoms with E-state index in [2.05, 4.69) is 0 Å². The third kappa shape index (κ3) is 1.97. The Morgan fingerprint density at radius 3 is 2.17 bits per heavy atom. The molecule has 0 radical (unpaired) electrons. The van der Waals surface area contributed by atoms with E-state index >= 15 is 0 Å². The fraction of sp³-hybridized carbons (Fsp3) is 0.889. The highest BCUT2D eigenvalue weighted by Crippen LogP contribution is 2.46. The van der Waals surface area contributed by atoms with Crippen molar-refractivity contribution in [3.8, 4) is 0 Å². The van der Waals surface area contributed by atoms with Gasteiger partial charge in [0.05, 0.1) is 6.10 Å². The zero-order chi connectivity index (χ0) is 8.55. The van der Waals surface area contributed by atoms with Crippen LogP contribution in [0.15, 0.2) is 0 Å². The van der Waals surface area contributed by atoms with Crippen LogP contribution < -0.4 is 0 Å². The molecule has 0 spiro atoms. The lowest BCUT2D eigenvalue weighted by Gasteiger charge is -2.14. The predicted molar refractivity (Wildman–Crippen MR) is 42.8 cm³/mol. The van der Waals surface area contributed by atoms with Crippen molar-refractivity contribution in [2.45, 2.75) is 31.8 Å². The first-order valence-corrected chi connectivity index (χ1v) is 4.61. The molecule has 12 heavy (non-hydrogen) atoms. The van der Waals surface area contributed by atoms with Crippen molar-refractivity contribution < 1.29 is 14.6 Å². The SMILES string of the molecule is O=C(O)COC(C1CC1)C1CC1. The van der Waals surface area contributed by atoms with Crippen LogP contribution in [-0.4, -0.2) is 23.8 Å². The molecular weight excluding hydrogens is 156 g/mol. The minimum Gasteiger partial charge on any atom is -0.480 e. The van der Waals surface area contributed by atoms with Gasteiger partial charge in [0.1, 0.15) is 6.61 Å². The Hall–Kier alpha value is -0.570. The molecule has 2 saturated carbocycles. The zero-order valence-electron chi connectivity index (χ0n) is 7.03. The van der Waals surface area contributed by atoms with Crippen molar-refractivity contribution in [3.63, 3.8) is 0 Å². The predicted octanol–water partition coefficient (Wildman–Crippen LogP) is 1.28. The van der Waals surface area contributed by atoms with E-state index < -0.39 is 5.97 Å². The molecule has 0 unspecified atom stereocenters. The Morgan fingerprint density at radius 1 is 1.33 bits per heavy atom. The summed E-state index contributed by atoms with van der Waals surface area (Å²) in [6, 6.07) is 0. The lowest BCUT2D eigenvalue weighted by molar-refractivity contribution is -0.145. The third-order valence-corrected chi connectivity index (χ3v) is 2.57. The number of carboxylic acid groups (broad SMARTS) is 1. The first-order chi connectivity index (χ1) is 5.77. The number of hydrogen-bond acceptors (Lipinski definition) is 2. The van der Waals surface area contributed by atoms with Crippen molar-refractivity contribution >= 4 is 5.97 Å². The second kappa shape index (κ2) is 3.05. The zero-order valence-corrected chi connectivity index (χ0v) is 7.03. The number of aliphatic carboxylic acids is 1. The van der Waals surface area contributed by atoms with Crippen molar-refractivity contribution in [3.05, 3.63) is 0 Å². The molecule has 68 valence electrons. The number of hydrogen-bond donors (Lipinski definition) is 1. The van der Waals surface area contributed by atoms with Crippen LogP contribution >= 0.6 is 0 Å². The van der Waals surface area contributed by atoms with E-state index in [4.69, 9.17) is 9.84 Å². The summed E-state index contributed by atoms with van der Waals surface area (Å²) in [6.45, 7) is -0.113. The molecule has 2 rings (SSSR count). The van der Waals surface area contributed by atoms with Gasteiger partial charge in [-0.15, -0.1) is 0 Å². The van der Waals surface area contributed by atoms with E-state index in [1.54, 1.807) is 0 Å². The summed E-state index contributed by atoms with van der Waals surface area (Å²) in [5, 5.41) is 8.44. The molecule has 2 aliphatic rings. The third-order valence-electron chi connectivity index (χ3n) is 2.57. The molecule has 0 atom stereocenters. The fourth-order valence-corrected chi connectivity index (χ4v) is 1.67. The van der Waals surface area contributed by atoms with Gasteiger partial charge in [0.2, 0.25) is 0 Å². The molecule has 0 bridgehead atoms. The Balaban J connectivity index is 1.76. The summed E-state index contributed by atoms with van der Waals surface area (Å²) in [4.78, 5) is 10.3. The van der Waals surface area contributed by atoms with Gasteiger partial charge in [-0.25, -0.2) is 4.79 Å².